The van der Waals surface area contributed by atoms with Crippen LogP contribution in [0.5, 0.6) is 5.75 Å². The summed E-state index contributed by atoms with van der Waals surface area (Å²) in [5.41, 5.74) is 1.94. The second-order valence-electron chi connectivity index (χ2n) is 4.93. The Morgan fingerprint density at radius 3 is 2.65 bits per heavy atom. The van der Waals surface area contributed by atoms with Crippen LogP contribution in [0.2, 0.25) is 10.0 Å². The van der Waals surface area contributed by atoms with E-state index >= 15 is 0 Å². The van der Waals surface area contributed by atoms with Crippen LogP contribution in [0.3, 0.4) is 0 Å². The first-order valence-corrected chi connectivity index (χ1v) is 7.96. The zero-order valence-corrected chi connectivity index (χ0v) is 14.5. The van der Waals surface area contributed by atoms with Crippen molar-refractivity contribution in [2.24, 2.45) is 0 Å². The molecule has 4 nitrogen and oxygen atoms in total. The second-order valence-corrected chi connectivity index (χ2v) is 5.77. The van der Waals surface area contributed by atoms with E-state index in [0.717, 1.165) is 11.3 Å². The van der Waals surface area contributed by atoms with Crippen LogP contribution < -0.4 is 15.0 Å². The number of carbonyl (C=O) groups excluding carboxylic acids is 1. The molecule has 1 N–H and O–H groups in total. The zero-order valence-electron chi connectivity index (χ0n) is 13.0. The van der Waals surface area contributed by atoms with E-state index in [1.54, 1.807) is 23.1 Å². The number of anilines is 1. The number of ether oxygens (including phenoxy) is 1. The lowest BCUT2D eigenvalue weighted by molar-refractivity contribution is 0.229. The smallest absolute Gasteiger partial charge is 0.324 e. The number of hydrogen-bond acceptors (Lipinski definition) is 2. The van der Waals surface area contributed by atoms with Gasteiger partial charge < -0.3 is 10.1 Å². The third-order valence-electron chi connectivity index (χ3n) is 3.22. The number of benzene rings is 2. The summed E-state index contributed by atoms with van der Waals surface area (Å²) in [5.74, 6) is 0.468. The highest BCUT2D eigenvalue weighted by Crippen LogP contribution is 2.27. The third-order valence-corrected chi connectivity index (χ3v) is 3.75. The normalized spacial score (nSPS) is 10.3. The molecule has 0 aromatic heterocycles. The number of nitrogens with one attached hydrogen (secondary N) is 1. The molecule has 0 fully saturated rings. The largest absolute Gasteiger partial charge is 0.472 e. The van der Waals surface area contributed by atoms with Crippen LogP contribution in [0.25, 0.3) is 0 Å². The number of aryl methyl sites for hydroxylation is 1. The number of nitrogens with zero attached hydrogens (tertiary/aromatic N) is 1. The lowest BCUT2D eigenvalue weighted by atomic mass is 10.2. The maximum atomic E-state index is 12.3. The molecule has 122 valence electrons. The summed E-state index contributed by atoms with van der Waals surface area (Å²) in [6.07, 6.45) is 0. The van der Waals surface area contributed by atoms with Crippen molar-refractivity contribution in [3.63, 3.8) is 0 Å². The van der Waals surface area contributed by atoms with Crippen LogP contribution in [-0.4, -0.2) is 19.3 Å². The van der Waals surface area contributed by atoms with Crippen molar-refractivity contribution in [1.29, 1.82) is 0 Å². The number of hydrogen-bond donors (Lipinski definition) is 1. The van der Waals surface area contributed by atoms with E-state index in [4.69, 9.17) is 27.9 Å². The summed E-state index contributed by atoms with van der Waals surface area (Å²) in [6.45, 7) is 4.47. The fourth-order valence-electron chi connectivity index (χ4n) is 2.10. The van der Waals surface area contributed by atoms with Crippen LogP contribution >= 0.6 is 23.2 Å². The van der Waals surface area contributed by atoms with Gasteiger partial charge in [-0.3, -0.25) is 4.90 Å². The van der Waals surface area contributed by atoms with Gasteiger partial charge in [0.1, 0.15) is 5.75 Å². The fourth-order valence-corrected chi connectivity index (χ4v) is 2.57. The SMILES string of the molecule is CCN(C(=O)NCOc1ccc(Cl)cc1Cl)c1cccc(C)c1. The van der Waals surface area contributed by atoms with E-state index in [9.17, 15) is 4.79 Å². The molecule has 0 spiro atoms. The van der Waals surface area contributed by atoms with Crippen molar-refractivity contribution in [3.8, 4) is 5.75 Å². The molecule has 0 aliphatic rings. The van der Waals surface area contributed by atoms with Gasteiger partial charge in [0.15, 0.2) is 6.73 Å². The average molecular weight is 353 g/mol. The summed E-state index contributed by atoms with van der Waals surface area (Å²) < 4.78 is 5.47. The molecule has 0 radical (unpaired) electrons. The minimum Gasteiger partial charge on any atom is -0.472 e. The molecular weight excluding hydrogens is 335 g/mol. The van der Waals surface area contributed by atoms with Gasteiger partial charge >= 0.3 is 6.03 Å². The van der Waals surface area contributed by atoms with Crippen LogP contribution in [0, 0.1) is 6.92 Å². The second kappa shape index (κ2) is 8.09. The molecule has 0 saturated heterocycles. The zero-order chi connectivity index (χ0) is 16.8. The van der Waals surface area contributed by atoms with Gasteiger partial charge in [0, 0.05) is 17.3 Å². The van der Waals surface area contributed by atoms with Crippen molar-refractivity contribution in [3.05, 3.63) is 58.1 Å². The summed E-state index contributed by atoms with van der Waals surface area (Å²) in [6, 6.07) is 12.5. The Balaban J connectivity index is 1.95. The predicted octanol–water partition coefficient (Wildman–Crippen LogP) is 4.87. The molecule has 0 saturated carbocycles. The van der Waals surface area contributed by atoms with E-state index in [0.29, 0.717) is 22.3 Å². The standard InChI is InChI=1S/C17H18Cl2N2O2/c1-3-21(14-6-4-5-12(2)9-14)17(22)20-11-23-16-8-7-13(18)10-15(16)19/h4-10H,3,11H2,1-2H3,(H,20,22). The van der Waals surface area contributed by atoms with Gasteiger partial charge in [-0.2, -0.15) is 0 Å². The lowest BCUT2D eigenvalue weighted by Gasteiger charge is -2.22. The molecular formula is C17H18Cl2N2O2. The molecule has 0 aliphatic heterocycles. The minimum atomic E-state index is -0.233. The van der Waals surface area contributed by atoms with Gasteiger partial charge in [-0.15, -0.1) is 0 Å². The molecule has 0 bridgehead atoms. The molecule has 0 atom stereocenters. The van der Waals surface area contributed by atoms with Gasteiger partial charge in [0.05, 0.1) is 5.02 Å². The van der Waals surface area contributed by atoms with Crippen LogP contribution in [-0.2, 0) is 0 Å². The van der Waals surface area contributed by atoms with Crippen molar-refractivity contribution >= 4 is 34.9 Å². The highest BCUT2D eigenvalue weighted by molar-refractivity contribution is 6.35. The Morgan fingerprint density at radius 2 is 2.00 bits per heavy atom. The molecule has 2 amide bonds. The van der Waals surface area contributed by atoms with Crippen molar-refractivity contribution < 1.29 is 9.53 Å². The lowest BCUT2D eigenvalue weighted by Crippen LogP contribution is -2.41. The number of rotatable bonds is 5. The van der Waals surface area contributed by atoms with E-state index in [1.807, 2.05) is 38.1 Å². The van der Waals surface area contributed by atoms with Gasteiger partial charge in [0.2, 0.25) is 0 Å². The maximum absolute atomic E-state index is 12.3. The topological polar surface area (TPSA) is 41.6 Å². The minimum absolute atomic E-state index is 0.0164. The molecule has 0 aliphatic carbocycles. The molecule has 2 aromatic carbocycles. The summed E-state index contributed by atoms with van der Waals surface area (Å²) in [5, 5.41) is 3.65. The van der Waals surface area contributed by atoms with Gasteiger partial charge in [-0.1, -0.05) is 35.3 Å². The highest BCUT2D eigenvalue weighted by Gasteiger charge is 2.13. The monoisotopic (exact) mass is 352 g/mol. The number of urea groups is 1. The Morgan fingerprint density at radius 1 is 1.22 bits per heavy atom. The Kier molecular flexibility index (Phi) is 6.13. The predicted molar refractivity (Wildman–Crippen MR) is 94.7 cm³/mol. The summed E-state index contributed by atoms with van der Waals surface area (Å²) in [4.78, 5) is 13.9. The summed E-state index contributed by atoms with van der Waals surface area (Å²) in [7, 11) is 0. The molecule has 23 heavy (non-hydrogen) atoms. The Hall–Kier alpha value is -1.91. The Bertz CT molecular complexity index is 692. The van der Waals surface area contributed by atoms with Crippen LogP contribution in [0.1, 0.15) is 12.5 Å². The Labute approximate surface area is 146 Å². The van der Waals surface area contributed by atoms with E-state index in [1.165, 1.54) is 0 Å². The van der Waals surface area contributed by atoms with Gasteiger partial charge in [0.25, 0.3) is 0 Å². The number of halogens is 2. The highest BCUT2D eigenvalue weighted by atomic mass is 35.5. The third kappa shape index (κ3) is 4.78. The van der Waals surface area contributed by atoms with Gasteiger partial charge in [-0.05, 0) is 49.7 Å². The first-order valence-electron chi connectivity index (χ1n) is 7.21. The quantitative estimate of drug-likeness (QED) is 0.779. The van der Waals surface area contributed by atoms with Crippen LogP contribution in [0.4, 0.5) is 10.5 Å². The summed E-state index contributed by atoms with van der Waals surface area (Å²) >= 11 is 11.8. The molecule has 2 aromatic rings. The first-order chi connectivity index (χ1) is 11.0. The molecule has 0 unspecified atom stereocenters. The maximum Gasteiger partial charge on any atom is 0.324 e. The van der Waals surface area contributed by atoms with Crippen LogP contribution in [0.15, 0.2) is 42.5 Å². The van der Waals surface area contributed by atoms with Crippen molar-refractivity contribution in [1.82, 2.24) is 5.32 Å². The fraction of sp³-hybridized carbons (Fsp3) is 0.235. The first kappa shape index (κ1) is 17.4. The van der Waals surface area contributed by atoms with Gasteiger partial charge in [-0.25, -0.2) is 4.79 Å². The van der Waals surface area contributed by atoms with Crippen molar-refractivity contribution in [2.75, 3.05) is 18.2 Å². The average Bonchev–Trinajstić information content (AvgIpc) is 2.50. The number of amides is 2. The molecule has 6 heteroatoms. The van der Waals surface area contributed by atoms with E-state index < -0.39 is 0 Å². The molecule has 2 rings (SSSR count). The van der Waals surface area contributed by atoms with E-state index in [-0.39, 0.29) is 12.8 Å². The molecule has 0 heterocycles. The van der Waals surface area contributed by atoms with Crippen molar-refractivity contribution in [2.45, 2.75) is 13.8 Å². The van der Waals surface area contributed by atoms with E-state index in [2.05, 4.69) is 5.32 Å². The number of carbonyl (C=O) groups is 1.